The van der Waals surface area contributed by atoms with Crippen molar-refractivity contribution in [2.45, 2.75) is 19.9 Å². The summed E-state index contributed by atoms with van der Waals surface area (Å²) in [4.78, 5) is 45.2. The molecule has 0 saturated carbocycles. The summed E-state index contributed by atoms with van der Waals surface area (Å²) in [7, 11) is 3.88. The quantitative estimate of drug-likeness (QED) is 0.344. The van der Waals surface area contributed by atoms with Crippen LogP contribution in [0.1, 0.15) is 41.6 Å². The number of carboxylic acids is 1. The first kappa shape index (κ1) is 26.9. The molecule has 0 aliphatic carbocycles. The molecule has 2 aromatic carbocycles. The van der Waals surface area contributed by atoms with Gasteiger partial charge in [-0.2, -0.15) is 0 Å². The summed E-state index contributed by atoms with van der Waals surface area (Å²) in [6.45, 7) is 3.68. The Morgan fingerprint density at radius 3 is 2.58 bits per heavy atom. The average Bonchev–Trinajstić information content (AvgIpc) is 3.52. The number of carbonyl (C=O) groups is 2. The van der Waals surface area contributed by atoms with Crippen LogP contribution in [-0.4, -0.2) is 42.3 Å². The monoisotopic (exact) mass is 557 g/mol. The van der Waals surface area contributed by atoms with Crippen molar-refractivity contribution in [1.29, 1.82) is 0 Å². The summed E-state index contributed by atoms with van der Waals surface area (Å²) in [5.74, 6) is -0.646. The lowest BCUT2D eigenvalue weighted by Crippen LogP contribution is -2.39. The van der Waals surface area contributed by atoms with Gasteiger partial charge in [-0.05, 0) is 55.8 Å². The Balaban J connectivity index is 1.61. The van der Waals surface area contributed by atoms with E-state index in [1.54, 1.807) is 44.2 Å². The number of aromatic nitrogens is 1. The number of carboxylic acid groups (broad SMARTS) is 1. The van der Waals surface area contributed by atoms with E-state index in [4.69, 9.17) is 9.15 Å². The van der Waals surface area contributed by atoms with Crippen LogP contribution in [0.5, 0.6) is 0 Å². The molecule has 2 aromatic heterocycles. The molecule has 3 heterocycles. The third-order valence-electron chi connectivity index (χ3n) is 6.54. The topological polar surface area (TPSA) is 114 Å². The number of hydrogen-bond acceptors (Lipinski definition) is 8. The molecule has 0 radical (unpaired) electrons. The van der Waals surface area contributed by atoms with Crippen LogP contribution in [-0.2, 0) is 9.53 Å². The van der Waals surface area contributed by atoms with Crippen LogP contribution >= 0.6 is 11.3 Å². The Labute approximate surface area is 233 Å². The van der Waals surface area contributed by atoms with Crippen molar-refractivity contribution in [2.75, 3.05) is 25.6 Å². The fourth-order valence-corrected chi connectivity index (χ4v) is 5.61. The fraction of sp³-hybridized carbons (Fsp3) is 0.200. The van der Waals surface area contributed by atoms with Gasteiger partial charge in [-0.1, -0.05) is 35.6 Å². The van der Waals surface area contributed by atoms with Crippen LogP contribution in [0.4, 0.5) is 5.69 Å². The molecule has 0 saturated heterocycles. The number of hydrogen-bond donors (Lipinski definition) is 1. The summed E-state index contributed by atoms with van der Waals surface area (Å²) in [5.41, 5.74) is 2.99. The van der Waals surface area contributed by atoms with Crippen molar-refractivity contribution in [2.24, 2.45) is 4.99 Å². The molecule has 0 fully saturated rings. The minimum Gasteiger partial charge on any atom is -0.478 e. The van der Waals surface area contributed by atoms with Gasteiger partial charge in [-0.15, -0.1) is 0 Å². The number of carbonyl (C=O) groups excluding carboxylic acids is 1. The normalized spacial score (nSPS) is 15.0. The Bertz CT molecular complexity index is 1830. The SMILES string of the molecule is CCOC(=O)C1=C(C)N=c2s/c(=C\c3ccc(-c4cccc(C(=O)O)c4)o3)c(=O)n2[C@H]1c1ccc(N(C)C)cc1. The standard InChI is InChI=1S/C30H27N3O6S/c1-5-38-29(37)25-17(2)31-30-33(26(25)18-9-11-21(12-10-18)32(3)4)27(34)24(40-30)16-22-13-14-23(39-22)19-7-6-8-20(15-19)28(35)36/h6-16,26H,5H2,1-4H3,(H,35,36)/b24-16-/t26-/m0/s1. The molecule has 4 aromatic rings. The average molecular weight is 558 g/mol. The zero-order valence-corrected chi connectivity index (χ0v) is 23.2. The maximum atomic E-state index is 13.8. The molecular weight excluding hydrogens is 530 g/mol. The Hall–Kier alpha value is -4.70. The minimum absolute atomic E-state index is 0.148. The first-order valence-corrected chi connectivity index (χ1v) is 13.4. The van der Waals surface area contributed by atoms with Crippen molar-refractivity contribution < 1.29 is 23.8 Å². The highest BCUT2D eigenvalue weighted by Gasteiger charge is 2.33. The van der Waals surface area contributed by atoms with Crippen LogP contribution < -0.4 is 19.8 Å². The summed E-state index contributed by atoms with van der Waals surface area (Å²) in [6.07, 6.45) is 1.63. The number of thiazole rings is 1. The predicted octanol–water partition coefficient (Wildman–Crippen LogP) is 3.82. The Kier molecular flexibility index (Phi) is 7.27. The van der Waals surface area contributed by atoms with Gasteiger partial charge in [0.15, 0.2) is 4.80 Å². The first-order chi connectivity index (χ1) is 19.2. The maximum absolute atomic E-state index is 13.8. The van der Waals surface area contributed by atoms with Gasteiger partial charge in [0.25, 0.3) is 5.56 Å². The van der Waals surface area contributed by atoms with E-state index >= 15 is 0 Å². The van der Waals surface area contributed by atoms with E-state index in [-0.39, 0.29) is 17.7 Å². The van der Waals surface area contributed by atoms with E-state index in [0.717, 1.165) is 11.3 Å². The molecule has 0 spiro atoms. The summed E-state index contributed by atoms with van der Waals surface area (Å²) in [6, 6.07) is 16.8. The van der Waals surface area contributed by atoms with Crippen molar-refractivity contribution in [3.8, 4) is 11.3 Å². The van der Waals surface area contributed by atoms with Crippen molar-refractivity contribution >= 4 is 35.0 Å². The lowest BCUT2D eigenvalue weighted by molar-refractivity contribution is -0.139. The van der Waals surface area contributed by atoms with Gasteiger partial charge in [0.2, 0.25) is 0 Å². The van der Waals surface area contributed by atoms with Gasteiger partial charge in [0.05, 0.1) is 34.0 Å². The maximum Gasteiger partial charge on any atom is 0.338 e. The zero-order valence-electron chi connectivity index (χ0n) is 22.4. The van der Waals surface area contributed by atoms with Crippen LogP contribution in [0, 0.1) is 0 Å². The Morgan fingerprint density at radius 1 is 1.15 bits per heavy atom. The number of nitrogens with zero attached hydrogens (tertiary/aromatic N) is 3. The van der Waals surface area contributed by atoms with E-state index < -0.39 is 18.0 Å². The second kappa shape index (κ2) is 10.8. The Morgan fingerprint density at radius 2 is 1.90 bits per heavy atom. The second-order valence-electron chi connectivity index (χ2n) is 9.38. The first-order valence-electron chi connectivity index (χ1n) is 12.6. The molecule has 204 valence electrons. The lowest BCUT2D eigenvalue weighted by Gasteiger charge is -2.25. The van der Waals surface area contributed by atoms with Crippen molar-refractivity contribution in [1.82, 2.24) is 4.57 Å². The van der Waals surface area contributed by atoms with Gasteiger partial charge in [-0.3, -0.25) is 9.36 Å². The molecule has 9 nitrogen and oxygen atoms in total. The molecule has 0 amide bonds. The van der Waals surface area contributed by atoms with E-state index in [2.05, 4.69) is 4.99 Å². The third kappa shape index (κ3) is 5.01. The number of esters is 1. The molecule has 5 rings (SSSR count). The highest BCUT2D eigenvalue weighted by molar-refractivity contribution is 7.07. The molecule has 40 heavy (non-hydrogen) atoms. The van der Waals surface area contributed by atoms with E-state index in [1.165, 1.54) is 28.0 Å². The van der Waals surface area contributed by atoms with Gasteiger partial charge >= 0.3 is 11.9 Å². The van der Waals surface area contributed by atoms with Crippen LogP contribution in [0.3, 0.4) is 0 Å². The molecule has 0 unspecified atom stereocenters. The van der Waals surface area contributed by atoms with E-state index in [0.29, 0.717) is 37.7 Å². The number of allylic oxidation sites excluding steroid dienone is 1. The van der Waals surface area contributed by atoms with Crippen molar-refractivity contribution in [3.63, 3.8) is 0 Å². The largest absolute Gasteiger partial charge is 0.478 e. The molecule has 10 heteroatoms. The third-order valence-corrected chi connectivity index (χ3v) is 7.52. The highest BCUT2D eigenvalue weighted by atomic mass is 32.1. The lowest BCUT2D eigenvalue weighted by atomic mass is 9.95. The number of anilines is 1. The zero-order chi connectivity index (χ0) is 28.6. The van der Waals surface area contributed by atoms with Gasteiger partial charge < -0.3 is 19.2 Å². The smallest absolute Gasteiger partial charge is 0.338 e. The summed E-state index contributed by atoms with van der Waals surface area (Å²) in [5, 5.41) is 9.29. The van der Waals surface area contributed by atoms with E-state index in [9.17, 15) is 19.5 Å². The number of rotatable bonds is 7. The fourth-order valence-electron chi connectivity index (χ4n) is 4.58. The number of ether oxygens (including phenoxy) is 1. The van der Waals surface area contributed by atoms with Crippen LogP contribution in [0.25, 0.3) is 17.4 Å². The van der Waals surface area contributed by atoms with Gasteiger partial charge in [-0.25, -0.2) is 14.6 Å². The van der Waals surface area contributed by atoms with E-state index in [1.807, 2.05) is 43.3 Å². The molecule has 1 N–H and O–H groups in total. The molecule has 1 aliphatic heterocycles. The molecular formula is C30H27N3O6S. The van der Waals surface area contributed by atoms with Crippen molar-refractivity contribution in [3.05, 3.63) is 109 Å². The van der Waals surface area contributed by atoms with Gasteiger partial charge in [0.1, 0.15) is 11.5 Å². The minimum atomic E-state index is -1.03. The molecule has 1 atom stereocenters. The van der Waals surface area contributed by atoms with Crippen LogP contribution in [0.2, 0.25) is 0 Å². The van der Waals surface area contributed by atoms with Gasteiger partial charge in [0, 0.05) is 31.4 Å². The van der Waals surface area contributed by atoms with Crippen LogP contribution in [0.15, 0.2) is 86.1 Å². The number of furan rings is 1. The second-order valence-corrected chi connectivity index (χ2v) is 10.4. The molecule has 0 bridgehead atoms. The summed E-state index contributed by atoms with van der Waals surface area (Å²) < 4.78 is 13.2. The highest BCUT2D eigenvalue weighted by Crippen LogP contribution is 2.31. The molecule has 1 aliphatic rings. The summed E-state index contributed by atoms with van der Waals surface area (Å²) >= 11 is 1.20. The number of benzene rings is 2. The number of fused-ring (bicyclic) bond motifs is 1. The number of aromatic carboxylic acids is 1. The predicted molar refractivity (Wildman–Crippen MR) is 152 cm³/mol.